The maximum Gasteiger partial charge on any atom is 0.246 e. The van der Waals surface area contributed by atoms with Crippen molar-refractivity contribution in [3.63, 3.8) is 0 Å². The van der Waals surface area contributed by atoms with Gasteiger partial charge in [-0.1, -0.05) is 12.2 Å². The maximum atomic E-state index is 11.5. The average molecular weight is 229 g/mol. The first kappa shape index (κ1) is 12.1. The topological polar surface area (TPSA) is 75.4 Å². The zero-order valence-corrected chi connectivity index (χ0v) is 9.69. The summed E-state index contributed by atoms with van der Waals surface area (Å²) >= 11 is 4.76. The van der Waals surface area contributed by atoms with E-state index in [2.05, 4.69) is 5.32 Å². The summed E-state index contributed by atoms with van der Waals surface area (Å²) in [5.74, 6) is -0.552. The fourth-order valence-corrected chi connectivity index (χ4v) is 1.53. The van der Waals surface area contributed by atoms with Gasteiger partial charge in [0.15, 0.2) is 0 Å². The molecular weight excluding hydrogens is 214 g/mol. The normalized spacial score (nSPS) is 21.2. The minimum absolute atomic E-state index is 0.210. The molecule has 1 rings (SSSR count). The summed E-state index contributed by atoms with van der Waals surface area (Å²) < 4.78 is 0. The number of carbonyl (C=O) groups is 2. The van der Waals surface area contributed by atoms with Crippen molar-refractivity contribution in [3.8, 4) is 0 Å². The van der Waals surface area contributed by atoms with Gasteiger partial charge in [0.05, 0.1) is 17.1 Å². The Balaban J connectivity index is 2.71. The van der Waals surface area contributed by atoms with E-state index in [1.54, 1.807) is 18.7 Å². The van der Waals surface area contributed by atoms with Crippen LogP contribution in [0.1, 0.15) is 20.3 Å². The lowest BCUT2D eigenvalue weighted by molar-refractivity contribution is -0.145. The van der Waals surface area contributed by atoms with E-state index in [1.165, 1.54) is 0 Å². The molecule has 3 N–H and O–H groups in total. The summed E-state index contributed by atoms with van der Waals surface area (Å²) in [7, 11) is 0. The van der Waals surface area contributed by atoms with Crippen LogP contribution in [0.3, 0.4) is 0 Å². The van der Waals surface area contributed by atoms with Crippen molar-refractivity contribution < 1.29 is 9.59 Å². The second-order valence-electron chi connectivity index (χ2n) is 4.07. The molecular formula is C9H15N3O2S. The molecule has 1 fully saturated rings. The van der Waals surface area contributed by atoms with Crippen LogP contribution in [0.15, 0.2) is 0 Å². The summed E-state index contributed by atoms with van der Waals surface area (Å²) in [5.41, 5.74) is 4.70. The summed E-state index contributed by atoms with van der Waals surface area (Å²) in [6, 6.07) is 0. The van der Waals surface area contributed by atoms with E-state index in [-0.39, 0.29) is 18.4 Å². The molecule has 1 heterocycles. The van der Waals surface area contributed by atoms with E-state index in [9.17, 15) is 9.59 Å². The lowest BCUT2D eigenvalue weighted by Crippen LogP contribution is -2.64. The Kier molecular flexibility index (Phi) is 3.41. The van der Waals surface area contributed by atoms with Crippen molar-refractivity contribution in [2.75, 3.05) is 13.1 Å². The summed E-state index contributed by atoms with van der Waals surface area (Å²) in [4.78, 5) is 24.9. The van der Waals surface area contributed by atoms with Crippen molar-refractivity contribution in [3.05, 3.63) is 0 Å². The number of imide groups is 1. The third-order valence-electron chi connectivity index (χ3n) is 2.56. The van der Waals surface area contributed by atoms with Crippen LogP contribution < -0.4 is 11.1 Å². The molecule has 0 radical (unpaired) electrons. The van der Waals surface area contributed by atoms with E-state index in [4.69, 9.17) is 18.0 Å². The number of amides is 2. The fraction of sp³-hybridized carbons (Fsp3) is 0.667. The average Bonchev–Trinajstić information content (AvgIpc) is 2.09. The monoisotopic (exact) mass is 229 g/mol. The first-order chi connectivity index (χ1) is 6.84. The third kappa shape index (κ3) is 2.73. The number of nitrogens with one attached hydrogen (secondary N) is 1. The molecule has 6 heteroatoms. The highest BCUT2D eigenvalue weighted by molar-refractivity contribution is 7.80. The summed E-state index contributed by atoms with van der Waals surface area (Å²) in [5, 5.41) is 2.30. The smallest absolute Gasteiger partial charge is 0.246 e. The quantitative estimate of drug-likeness (QED) is 0.499. The van der Waals surface area contributed by atoms with Gasteiger partial charge in [0.25, 0.3) is 0 Å². The molecule has 5 nitrogen and oxygen atoms in total. The standard InChI is InChI=1S/C9H15N3O2S/c1-9(2)8(14)11-7(13)5-12(9)4-3-6(10)15/h3-5H2,1-2H3,(H2,10,15)(H,11,13,14). The Morgan fingerprint density at radius 1 is 1.60 bits per heavy atom. The Bertz CT molecular complexity index is 314. The van der Waals surface area contributed by atoms with E-state index in [1.807, 2.05) is 0 Å². The molecule has 0 aliphatic carbocycles. The molecule has 1 aliphatic heterocycles. The molecule has 0 bridgehead atoms. The molecule has 2 amide bonds. The first-order valence-electron chi connectivity index (χ1n) is 4.71. The van der Waals surface area contributed by atoms with E-state index in [0.717, 1.165) is 0 Å². The second kappa shape index (κ2) is 4.24. The Morgan fingerprint density at radius 3 is 2.73 bits per heavy atom. The number of hydrogen-bond donors (Lipinski definition) is 2. The molecule has 0 aromatic heterocycles. The number of nitrogens with two attached hydrogens (primary N) is 1. The van der Waals surface area contributed by atoms with Crippen LogP contribution in [-0.2, 0) is 9.59 Å². The highest BCUT2D eigenvalue weighted by atomic mass is 32.1. The lowest BCUT2D eigenvalue weighted by atomic mass is 9.98. The van der Waals surface area contributed by atoms with Crippen LogP contribution >= 0.6 is 12.2 Å². The molecule has 0 aromatic rings. The van der Waals surface area contributed by atoms with E-state index >= 15 is 0 Å². The predicted octanol–water partition coefficient (Wildman–Crippen LogP) is -0.600. The molecule has 15 heavy (non-hydrogen) atoms. The molecule has 1 aliphatic rings. The van der Waals surface area contributed by atoms with Gasteiger partial charge in [0.2, 0.25) is 11.8 Å². The molecule has 1 saturated heterocycles. The molecule has 0 unspecified atom stereocenters. The van der Waals surface area contributed by atoms with Gasteiger partial charge in [-0.3, -0.25) is 19.8 Å². The SMILES string of the molecule is CC1(C)C(=O)NC(=O)CN1CCC(N)=S. The Hall–Kier alpha value is -1.01. The van der Waals surface area contributed by atoms with Crippen LogP contribution in [0.2, 0.25) is 0 Å². The zero-order valence-electron chi connectivity index (χ0n) is 8.87. The maximum absolute atomic E-state index is 11.5. The minimum Gasteiger partial charge on any atom is -0.393 e. The van der Waals surface area contributed by atoms with E-state index < -0.39 is 5.54 Å². The molecule has 84 valence electrons. The largest absolute Gasteiger partial charge is 0.393 e. The molecule has 0 spiro atoms. The van der Waals surface area contributed by atoms with Gasteiger partial charge in [0, 0.05) is 13.0 Å². The van der Waals surface area contributed by atoms with Gasteiger partial charge in [-0.15, -0.1) is 0 Å². The summed E-state index contributed by atoms with van der Waals surface area (Å²) in [6.07, 6.45) is 0.513. The van der Waals surface area contributed by atoms with Gasteiger partial charge < -0.3 is 5.73 Å². The van der Waals surface area contributed by atoms with Gasteiger partial charge in [-0.25, -0.2) is 0 Å². The summed E-state index contributed by atoms with van der Waals surface area (Å²) in [6.45, 7) is 4.28. The van der Waals surface area contributed by atoms with Crippen LogP contribution in [-0.4, -0.2) is 40.3 Å². The van der Waals surface area contributed by atoms with Crippen molar-refractivity contribution in [1.29, 1.82) is 0 Å². The van der Waals surface area contributed by atoms with Crippen LogP contribution in [0.5, 0.6) is 0 Å². The second-order valence-corrected chi connectivity index (χ2v) is 4.60. The van der Waals surface area contributed by atoms with E-state index in [0.29, 0.717) is 18.0 Å². The Morgan fingerprint density at radius 2 is 2.20 bits per heavy atom. The number of hydrogen-bond acceptors (Lipinski definition) is 4. The fourth-order valence-electron chi connectivity index (χ4n) is 1.44. The number of carbonyl (C=O) groups excluding carboxylic acids is 2. The molecule has 0 atom stereocenters. The third-order valence-corrected chi connectivity index (χ3v) is 2.77. The van der Waals surface area contributed by atoms with Crippen molar-refractivity contribution in [2.24, 2.45) is 5.73 Å². The van der Waals surface area contributed by atoms with Crippen molar-refractivity contribution in [1.82, 2.24) is 10.2 Å². The van der Waals surface area contributed by atoms with Crippen LogP contribution in [0.4, 0.5) is 0 Å². The predicted molar refractivity (Wildman–Crippen MR) is 60.2 cm³/mol. The first-order valence-corrected chi connectivity index (χ1v) is 5.12. The van der Waals surface area contributed by atoms with Gasteiger partial charge in [0.1, 0.15) is 0 Å². The molecule has 0 aromatic carbocycles. The van der Waals surface area contributed by atoms with Crippen molar-refractivity contribution in [2.45, 2.75) is 25.8 Å². The van der Waals surface area contributed by atoms with Gasteiger partial charge in [-0.2, -0.15) is 0 Å². The van der Waals surface area contributed by atoms with Gasteiger partial charge >= 0.3 is 0 Å². The zero-order chi connectivity index (χ0) is 11.6. The minimum atomic E-state index is -0.682. The number of piperazine rings is 1. The molecule has 0 saturated carbocycles. The van der Waals surface area contributed by atoms with Crippen LogP contribution in [0, 0.1) is 0 Å². The van der Waals surface area contributed by atoms with Gasteiger partial charge in [-0.05, 0) is 13.8 Å². The lowest BCUT2D eigenvalue weighted by Gasteiger charge is -2.40. The number of rotatable bonds is 3. The Labute approximate surface area is 94.0 Å². The van der Waals surface area contributed by atoms with Crippen molar-refractivity contribution >= 4 is 29.0 Å². The number of thiocarbonyl (C=S) groups is 1. The van der Waals surface area contributed by atoms with Crippen LogP contribution in [0.25, 0.3) is 0 Å². The highest BCUT2D eigenvalue weighted by Crippen LogP contribution is 2.17. The highest BCUT2D eigenvalue weighted by Gasteiger charge is 2.40. The number of nitrogens with zero attached hydrogens (tertiary/aromatic N) is 1.